The average molecular weight is 270 g/mol. The third-order valence-electron chi connectivity index (χ3n) is 3.06. The minimum atomic E-state index is -0.0171. The third-order valence-corrected chi connectivity index (χ3v) is 3.79. The van der Waals surface area contributed by atoms with E-state index in [0.717, 1.165) is 23.0 Å². The maximum Gasteiger partial charge on any atom is 0.252 e. The van der Waals surface area contributed by atoms with E-state index in [-0.39, 0.29) is 5.56 Å². The maximum atomic E-state index is 11.9. The first-order valence-electron chi connectivity index (χ1n) is 6.16. The van der Waals surface area contributed by atoms with Crippen LogP contribution in [0.4, 0.5) is 0 Å². The first-order valence-corrected chi connectivity index (χ1v) is 7.10. The van der Waals surface area contributed by atoms with Crippen molar-refractivity contribution in [3.8, 4) is 0 Å². The van der Waals surface area contributed by atoms with Gasteiger partial charge in [-0.05, 0) is 39.9 Å². The van der Waals surface area contributed by atoms with E-state index >= 15 is 0 Å². The second kappa shape index (κ2) is 5.38. The van der Waals surface area contributed by atoms with Crippen LogP contribution in [0, 0.1) is 0 Å². The Balaban J connectivity index is 1.77. The van der Waals surface area contributed by atoms with Gasteiger partial charge in [-0.3, -0.25) is 4.79 Å². The van der Waals surface area contributed by atoms with Gasteiger partial charge < -0.3 is 10.3 Å². The Kier molecular flexibility index (Phi) is 3.44. The number of H-pyrrole nitrogens is 1. The molecule has 2 N–H and O–H groups in total. The summed E-state index contributed by atoms with van der Waals surface area (Å²) in [5.74, 6) is 0. The van der Waals surface area contributed by atoms with Gasteiger partial charge in [0.25, 0.3) is 5.56 Å². The molecule has 0 unspecified atom stereocenters. The Labute approximate surface area is 114 Å². The second-order valence-corrected chi connectivity index (χ2v) is 5.23. The van der Waals surface area contributed by atoms with Crippen molar-refractivity contribution in [3.05, 3.63) is 68.6 Å². The number of para-hydroxylation sites is 1. The van der Waals surface area contributed by atoms with E-state index in [0.29, 0.717) is 6.54 Å². The molecule has 0 bridgehead atoms. The number of rotatable bonds is 4. The minimum Gasteiger partial charge on any atom is -0.322 e. The fourth-order valence-corrected chi connectivity index (χ4v) is 2.73. The van der Waals surface area contributed by atoms with Crippen LogP contribution < -0.4 is 10.9 Å². The molecule has 0 saturated carbocycles. The SMILES string of the molecule is O=c1[nH]c2ccccc2cc1CNCc1ccsc1. The molecule has 0 aliphatic heterocycles. The predicted octanol–water partition coefficient (Wildman–Crippen LogP) is 2.88. The summed E-state index contributed by atoms with van der Waals surface area (Å²) >= 11 is 1.68. The van der Waals surface area contributed by atoms with E-state index in [4.69, 9.17) is 0 Å². The summed E-state index contributed by atoms with van der Waals surface area (Å²) in [6.45, 7) is 1.37. The van der Waals surface area contributed by atoms with Crippen LogP contribution in [-0.2, 0) is 13.1 Å². The fraction of sp³-hybridized carbons (Fsp3) is 0.133. The monoisotopic (exact) mass is 270 g/mol. The van der Waals surface area contributed by atoms with Crippen LogP contribution in [0.25, 0.3) is 10.9 Å². The zero-order chi connectivity index (χ0) is 13.1. The molecule has 0 spiro atoms. The fourth-order valence-electron chi connectivity index (χ4n) is 2.06. The van der Waals surface area contributed by atoms with Crippen molar-refractivity contribution in [3.63, 3.8) is 0 Å². The molecular formula is C15H14N2OS. The molecular weight excluding hydrogens is 256 g/mol. The van der Waals surface area contributed by atoms with Crippen LogP contribution in [0.15, 0.2) is 52.0 Å². The van der Waals surface area contributed by atoms with Gasteiger partial charge in [-0.15, -0.1) is 0 Å². The van der Waals surface area contributed by atoms with Gasteiger partial charge in [0, 0.05) is 24.2 Å². The highest BCUT2D eigenvalue weighted by molar-refractivity contribution is 7.07. The van der Waals surface area contributed by atoms with Gasteiger partial charge >= 0.3 is 0 Å². The van der Waals surface area contributed by atoms with E-state index < -0.39 is 0 Å². The van der Waals surface area contributed by atoms with Crippen molar-refractivity contribution >= 4 is 22.2 Å². The highest BCUT2D eigenvalue weighted by Crippen LogP contribution is 2.10. The van der Waals surface area contributed by atoms with Crippen LogP contribution in [0.5, 0.6) is 0 Å². The van der Waals surface area contributed by atoms with Crippen LogP contribution in [-0.4, -0.2) is 4.98 Å². The Morgan fingerprint density at radius 1 is 1.16 bits per heavy atom. The summed E-state index contributed by atoms with van der Waals surface area (Å²) in [6.07, 6.45) is 0. The van der Waals surface area contributed by atoms with Crippen molar-refractivity contribution in [1.82, 2.24) is 10.3 Å². The summed E-state index contributed by atoms with van der Waals surface area (Å²) < 4.78 is 0. The molecule has 3 nitrogen and oxygen atoms in total. The standard InChI is InChI=1S/C15H14N2OS/c18-15-13(9-16-8-11-5-6-19-10-11)7-12-3-1-2-4-14(12)17-15/h1-7,10,16H,8-9H2,(H,17,18). The number of pyridine rings is 1. The van der Waals surface area contributed by atoms with Crippen molar-refractivity contribution in [2.75, 3.05) is 0 Å². The lowest BCUT2D eigenvalue weighted by atomic mass is 10.1. The molecule has 0 atom stereocenters. The van der Waals surface area contributed by atoms with Gasteiger partial charge in [-0.1, -0.05) is 18.2 Å². The summed E-state index contributed by atoms with van der Waals surface area (Å²) in [4.78, 5) is 14.8. The van der Waals surface area contributed by atoms with Gasteiger partial charge in [0.15, 0.2) is 0 Å². The number of fused-ring (bicyclic) bond motifs is 1. The van der Waals surface area contributed by atoms with Gasteiger partial charge in [-0.25, -0.2) is 0 Å². The summed E-state index contributed by atoms with van der Waals surface area (Å²) in [6, 6.07) is 11.9. The number of aromatic nitrogens is 1. The molecule has 4 heteroatoms. The molecule has 0 amide bonds. The summed E-state index contributed by atoms with van der Waals surface area (Å²) in [5.41, 5.74) is 2.89. The molecule has 2 heterocycles. The van der Waals surface area contributed by atoms with Crippen molar-refractivity contribution in [1.29, 1.82) is 0 Å². The highest BCUT2D eigenvalue weighted by Gasteiger charge is 2.02. The van der Waals surface area contributed by atoms with Gasteiger partial charge in [0.05, 0.1) is 0 Å². The lowest BCUT2D eigenvalue weighted by Gasteiger charge is -2.04. The molecule has 3 rings (SSSR count). The average Bonchev–Trinajstić information content (AvgIpc) is 2.92. The molecule has 0 aliphatic carbocycles. The number of hydrogen-bond donors (Lipinski definition) is 2. The quantitative estimate of drug-likeness (QED) is 0.765. The maximum absolute atomic E-state index is 11.9. The molecule has 1 aromatic carbocycles. The van der Waals surface area contributed by atoms with E-state index in [1.165, 1.54) is 5.56 Å². The molecule has 0 saturated heterocycles. The number of benzene rings is 1. The molecule has 0 radical (unpaired) electrons. The Morgan fingerprint density at radius 3 is 2.89 bits per heavy atom. The predicted molar refractivity (Wildman–Crippen MR) is 79.4 cm³/mol. The Hall–Kier alpha value is -1.91. The van der Waals surface area contributed by atoms with Gasteiger partial charge in [0.1, 0.15) is 0 Å². The zero-order valence-corrected chi connectivity index (χ0v) is 11.2. The number of nitrogens with one attached hydrogen (secondary N) is 2. The van der Waals surface area contributed by atoms with Crippen LogP contribution in [0.1, 0.15) is 11.1 Å². The molecule has 0 aliphatic rings. The number of hydrogen-bond acceptors (Lipinski definition) is 3. The Morgan fingerprint density at radius 2 is 2.05 bits per heavy atom. The van der Waals surface area contributed by atoms with E-state index in [1.54, 1.807) is 11.3 Å². The Bertz CT molecular complexity index is 731. The molecule has 2 aromatic heterocycles. The van der Waals surface area contributed by atoms with Crippen molar-refractivity contribution in [2.24, 2.45) is 0 Å². The van der Waals surface area contributed by atoms with Crippen LogP contribution >= 0.6 is 11.3 Å². The van der Waals surface area contributed by atoms with Gasteiger partial charge in [-0.2, -0.15) is 11.3 Å². The van der Waals surface area contributed by atoms with Crippen molar-refractivity contribution in [2.45, 2.75) is 13.1 Å². The van der Waals surface area contributed by atoms with Crippen LogP contribution in [0.2, 0.25) is 0 Å². The highest BCUT2D eigenvalue weighted by atomic mass is 32.1. The van der Waals surface area contributed by atoms with E-state index in [1.807, 2.05) is 30.3 Å². The summed E-state index contributed by atoms with van der Waals surface area (Å²) in [5, 5.41) is 8.52. The first-order chi connectivity index (χ1) is 9.33. The normalized spacial score (nSPS) is 10.9. The van der Waals surface area contributed by atoms with Crippen LogP contribution in [0.3, 0.4) is 0 Å². The lowest BCUT2D eigenvalue weighted by Crippen LogP contribution is -2.20. The van der Waals surface area contributed by atoms with E-state index in [9.17, 15) is 4.79 Å². The zero-order valence-electron chi connectivity index (χ0n) is 10.3. The molecule has 19 heavy (non-hydrogen) atoms. The molecule has 3 aromatic rings. The van der Waals surface area contributed by atoms with Gasteiger partial charge in [0.2, 0.25) is 0 Å². The lowest BCUT2D eigenvalue weighted by molar-refractivity contribution is 0.690. The van der Waals surface area contributed by atoms with Crippen molar-refractivity contribution < 1.29 is 0 Å². The number of thiophene rings is 1. The molecule has 96 valence electrons. The molecule has 0 fully saturated rings. The first kappa shape index (κ1) is 12.1. The van der Waals surface area contributed by atoms with E-state index in [2.05, 4.69) is 27.1 Å². The minimum absolute atomic E-state index is 0.0171. The summed E-state index contributed by atoms with van der Waals surface area (Å²) in [7, 11) is 0. The number of aromatic amines is 1. The smallest absolute Gasteiger partial charge is 0.252 e. The third kappa shape index (κ3) is 2.75. The topological polar surface area (TPSA) is 44.9 Å². The largest absolute Gasteiger partial charge is 0.322 e. The second-order valence-electron chi connectivity index (χ2n) is 4.45.